The summed E-state index contributed by atoms with van der Waals surface area (Å²) in [6.45, 7) is 3.37. The molecular formula is C22H19N3O3. The van der Waals surface area contributed by atoms with Crippen LogP contribution >= 0.6 is 0 Å². The minimum atomic E-state index is -0.394. The number of carbonyl (C=O) groups is 3. The Kier molecular flexibility index (Phi) is 5.60. The van der Waals surface area contributed by atoms with Gasteiger partial charge in [-0.3, -0.25) is 19.4 Å². The molecule has 0 aliphatic heterocycles. The van der Waals surface area contributed by atoms with Gasteiger partial charge in [-0.15, -0.1) is 0 Å². The first-order valence-corrected chi connectivity index (χ1v) is 8.69. The predicted octanol–water partition coefficient (Wildman–Crippen LogP) is 4.10. The Bertz CT molecular complexity index is 1040. The van der Waals surface area contributed by atoms with Crippen LogP contribution in [0.4, 0.5) is 11.4 Å². The fourth-order valence-electron chi connectivity index (χ4n) is 2.59. The number of pyridine rings is 1. The van der Waals surface area contributed by atoms with Gasteiger partial charge in [0.1, 0.15) is 5.69 Å². The largest absolute Gasteiger partial charge is 0.322 e. The Balaban J connectivity index is 1.73. The predicted molar refractivity (Wildman–Crippen MR) is 108 cm³/mol. The molecule has 2 aromatic carbocycles. The summed E-state index contributed by atoms with van der Waals surface area (Å²) < 4.78 is 0. The Morgan fingerprint density at radius 1 is 0.821 bits per heavy atom. The second-order valence-electron chi connectivity index (χ2n) is 6.29. The van der Waals surface area contributed by atoms with E-state index in [1.165, 1.54) is 25.3 Å². The number of nitrogens with one attached hydrogen (secondary N) is 2. The van der Waals surface area contributed by atoms with E-state index >= 15 is 0 Å². The quantitative estimate of drug-likeness (QED) is 0.659. The lowest BCUT2D eigenvalue weighted by molar-refractivity contribution is 0.100. The van der Waals surface area contributed by atoms with Gasteiger partial charge in [-0.2, -0.15) is 0 Å². The molecule has 6 nitrogen and oxygen atoms in total. The summed E-state index contributed by atoms with van der Waals surface area (Å²) in [5.74, 6) is -0.811. The van der Waals surface area contributed by atoms with E-state index in [-0.39, 0.29) is 17.4 Å². The number of benzene rings is 2. The van der Waals surface area contributed by atoms with E-state index < -0.39 is 5.91 Å². The molecule has 140 valence electrons. The van der Waals surface area contributed by atoms with Crippen LogP contribution in [0, 0.1) is 6.92 Å². The molecule has 0 bridgehead atoms. The highest BCUT2D eigenvalue weighted by atomic mass is 16.2. The number of ketones is 1. The normalized spacial score (nSPS) is 10.2. The van der Waals surface area contributed by atoms with Gasteiger partial charge in [0.25, 0.3) is 11.8 Å². The summed E-state index contributed by atoms with van der Waals surface area (Å²) in [5, 5.41) is 5.53. The van der Waals surface area contributed by atoms with Gasteiger partial charge in [-0.1, -0.05) is 18.2 Å². The number of aryl methyl sites for hydroxylation is 1. The van der Waals surface area contributed by atoms with Crippen LogP contribution in [0.1, 0.15) is 43.7 Å². The van der Waals surface area contributed by atoms with Crippen molar-refractivity contribution in [1.29, 1.82) is 0 Å². The van der Waals surface area contributed by atoms with Gasteiger partial charge in [0.2, 0.25) is 0 Å². The first kappa shape index (κ1) is 19.0. The number of rotatable bonds is 5. The van der Waals surface area contributed by atoms with E-state index in [2.05, 4.69) is 15.6 Å². The van der Waals surface area contributed by atoms with E-state index in [1.807, 2.05) is 25.1 Å². The molecule has 1 heterocycles. The number of amides is 2. The van der Waals surface area contributed by atoms with Crippen molar-refractivity contribution in [2.75, 3.05) is 10.6 Å². The van der Waals surface area contributed by atoms with Crippen LogP contribution in [0.3, 0.4) is 0 Å². The number of carbonyl (C=O) groups excluding carboxylic acids is 3. The van der Waals surface area contributed by atoms with Gasteiger partial charge in [0, 0.05) is 28.7 Å². The Morgan fingerprint density at radius 2 is 1.54 bits per heavy atom. The number of nitrogens with zero attached hydrogens (tertiary/aromatic N) is 1. The highest BCUT2D eigenvalue weighted by Gasteiger charge is 2.13. The van der Waals surface area contributed by atoms with Crippen molar-refractivity contribution in [1.82, 2.24) is 4.98 Å². The number of hydrogen-bond donors (Lipinski definition) is 2. The molecule has 0 saturated carbocycles. The van der Waals surface area contributed by atoms with Gasteiger partial charge < -0.3 is 10.6 Å². The minimum Gasteiger partial charge on any atom is -0.322 e. The van der Waals surface area contributed by atoms with Crippen molar-refractivity contribution < 1.29 is 14.4 Å². The summed E-state index contributed by atoms with van der Waals surface area (Å²) in [7, 11) is 0. The summed E-state index contributed by atoms with van der Waals surface area (Å²) in [6, 6.07) is 17.0. The van der Waals surface area contributed by atoms with Crippen LogP contribution in [0.5, 0.6) is 0 Å². The van der Waals surface area contributed by atoms with E-state index in [4.69, 9.17) is 0 Å². The van der Waals surface area contributed by atoms with E-state index in [0.717, 1.165) is 5.56 Å². The zero-order chi connectivity index (χ0) is 20.1. The van der Waals surface area contributed by atoms with Crippen LogP contribution in [-0.4, -0.2) is 22.6 Å². The van der Waals surface area contributed by atoms with E-state index in [1.54, 1.807) is 30.3 Å². The highest BCUT2D eigenvalue weighted by molar-refractivity contribution is 6.08. The van der Waals surface area contributed by atoms with Crippen molar-refractivity contribution >= 4 is 29.0 Å². The Labute approximate surface area is 162 Å². The van der Waals surface area contributed by atoms with Gasteiger partial charge in [-0.05, 0) is 61.9 Å². The number of hydrogen-bond acceptors (Lipinski definition) is 4. The number of anilines is 2. The standard InChI is InChI=1S/C22H19N3O3/c1-14-5-3-4-6-19(14)25-22(28)20-13-17(11-12-23-20)21(27)24-18-9-7-16(8-10-18)15(2)26/h3-13H,1-2H3,(H,24,27)(H,25,28). The molecule has 0 spiro atoms. The molecule has 2 amide bonds. The zero-order valence-corrected chi connectivity index (χ0v) is 15.5. The maximum atomic E-state index is 12.5. The van der Waals surface area contributed by atoms with Crippen molar-refractivity contribution in [3.63, 3.8) is 0 Å². The molecule has 28 heavy (non-hydrogen) atoms. The fourth-order valence-corrected chi connectivity index (χ4v) is 2.59. The van der Waals surface area contributed by atoms with Crippen LogP contribution < -0.4 is 10.6 Å². The molecule has 3 aromatic rings. The Hall–Kier alpha value is -3.80. The molecule has 0 fully saturated rings. The molecule has 1 aromatic heterocycles. The van der Waals surface area contributed by atoms with Crippen LogP contribution in [0.25, 0.3) is 0 Å². The lowest BCUT2D eigenvalue weighted by Crippen LogP contribution is -2.17. The number of Topliss-reactive ketones (excluding diaryl/α,β-unsaturated/α-hetero) is 1. The van der Waals surface area contributed by atoms with Gasteiger partial charge in [0.05, 0.1) is 0 Å². The topological polar surface area (TPSA) is 88.2 Å². The third kappa shape index (κ3) is 4.48. The molecule has 3 rings (SSSR count). The monoisotopic (exact) mass is 373 g/mol. The van der Waals surface area contributed by atoms with Crippen molar-refractivity contribution in [2.24, 2.45) is 0 Å². The van der Waals surface area contributed by atoms with E-state index in [9.17, 15) is 14.4 Å². The molecule has 0 unspecified atom stereocenters. The van der Waals surface area contributed by atoms with Crippen LogP contribution in [0.2, 0.25) is 0 Å². The third-order valence-electron chi connectivity index (χ3n) is 4.20. The van der Waals surface area contributed by atoms with Crippen LogP contribution in [0.15, 0.2) is 66.9 Å². The highest BCUT2D eigenvalue weighted by Crippen LogP contribution is 2.15. The molecule has 0 atom stereocenters. The zero-order valence-electron chi connectivity index (χ0n) is 15.5. The summed E-state index contributed by atoms with van der Waals surface area (Å²) in [4.78, 5) is 40.3. The fraction of sp³-hybridized carbons (Fsp3) is 0.0909. The maximum absolute atomic E-state index is 12.5. The van der Waals surface area contributed by atoms with Gasteiger partial charge in [0.15, 0.2) is 5.78 Å². The lowest BCUT2D eigenvalue weighted by atomic mass is 10.1. The maximum Gasteiger partial charge on any atom is 0.274 e. The first-order chi connectivity index (χ1) is 13.4. The molecule has 2 N–H and O–H groups in total. The summed E-state index contributed by atoms with van der Waals surface area (Å²) >= 11 is 0. The van der Waals surface area contributed by atoms with Gasteiger partial charge in [-0.25, -0.2) is 0 Å². The average molecular weight is 373 g/mol. The van der Waals surface area contributed by atoms with Crippen molar-refractivity contribution in [3.8, 4) is 0 Å². The average Bonchev–Trinajstić information content (AvgIpc) is 2.70. The van der Waals surface area contributed by atoms with Crippen molar-refractivity contribution in [2.45, 2.75) is 13.8 Å². The van der Waals surface area contributed by atoms with Crippen LogP contribution in [-0.2, 0) is 0 Å². The van der Waals surface area contributed by atoms with E-state index in [0.29, 0.717) is 22.5 Å². The molecule has 6 heteroatoms. The smallest absolute Gasteiger partial charge is 0.274 e. The second-order valence-corrected chi connectivity index (χ2v) is 6.29. The molecule has 0 aliphatic carbocycles. The molecule has 0 saturated heterocycles. The second kappa shape index (κ2) is 8.26. The van der Waals surface area contributed by atoms with Crippen molar-refractivity contribution in [3.05, 3.63) is 89.2 Å². The molecular weight excluding hydrogens is 354 g/mol. The molecule has 0 aliphatic rings. The van der Waals surface area contributed by atoms with Gasteiger partial charge >= 0.3 is 0 Å². The molecule has 0 radical (unpaired) electrons. The Morgan fingerprint density at radius 3 is 2.21 bits per heavy atom. The lowest BCUT2D eigenvalue weighted by Gasteiger charge is -2.09. The summed E-state index contributed by atoms with van der Waals surface area (Å²) in [5.41, 5.74) is 3.19. The number of para-hydroxylation sites is 1. The first-order valence-electron chi connectivity index (χ1n) is 8.69. The minimum absolute atomic E-state index is 0.0451. The number of aromatic nitrogens is 1. The summed E-state index contributed by atoms with van der Waals surface area (Å²) in [6.07, 6.45) is 1.42. The third-order valence-corrected chi connectivity index (χ3v) is 4.20. The SMILES string of the molecule is CC(=O)c1ccc(NC(=O)c2ccnc(C(=O)Nc3ccccc3C)c2)cc1.